The maximum Gasteiger partial charge on any atom is 0.258 e. The molecule has 0 aliphatic heterocycles. The van der Waals surface area contributed by atoms with Gasteiger partial charge in [-0.05, 0) is 24.3 Å². The molecule has 2 rings (SSSR count). The van der Waals surface area contributed by atoms with Gasteiger partial charge >= 0.3 is 0 Å². The molecule has 96 valence electrons. The number of carbonyl (C=O) groups excluding carboxylic acids is 2. The third-order valence-electron chi connectivity index (χ3n) is 2.42. The van der Waals surface area contributed by atoms with E-state index in [1.807, 2.05) is 0 Å². The summed E-state index contributed by atoms with van der Waals surface area (Å²) in [5.41, 5.74) is 5.62. The van der Waals surface area contributed by atoms with Crippen LogP contribution >= 0.6 is 0 Å². The van der Waals surface area contributed by atoms with Crippen LogP contribution < -0.4 is 11.1 Å². The molecule has 0 aliphatic rings. The zero-order chi connectivity index (χ0) is 13.8. The lowest BCUT2D eigenvalue weighted by Crippen LogP contribution is -2.15. The van der Waals surface area contributed by atoms with Crippen molar-refractivity contribution in [2.45, 2.75) is 0 Å². The summed E-state index contributed by atoms with van der Waals surface area (Å²) in [6, 6.07) is 7.34. The van der Waals surface area contributed by atoms with Crippen LogP contribution in [0.25, 0.3) is 0 Å². The zero-order valence-corrected chi connectivity index (χ0v) is 9.76. The van der Waals surface area contributed by atoms with Gasteiger partial charge in [0.25, 0.3) is 5.91 Å². The van der Waals surface area contributed by atoms with Gasteiger partial charge in [-0.25, -0.2) is 4.39 Å². The number of hydrogen-bond acceptors (Lipinski definition) is 3. The van der Waals surface area contributed by atoms with Gasteiger partial charge in [0, 0.05) is 17.4 Å². The number of hydrogen-bond donors (Lipinski definition) is 2. The number of nitrogens with zero attached hydrogens (tertiary/aromatic N) is 1. The number of rotatable bonds is 3. The molecule has 0 spiro atoms. The van der Waals surface area contributed by atoms with E-state index in [0.29, 0.717) is 5.69 Å². The quantitative estimate of drug-likeness (QED) is 0.877. The minimum absolute atomic E-state index is 0.125. The molecule has 6 heteroatoms. The van der Waals surface area contributed by atoms with Gasteiger partial charge in [0.15, 0.2) is 5.82 Å². The van der Waals surface area contributed by atoms with E-state index in [0.717, 1.165) is 6.20 Å². The SMILES string of the molecule is NC(=O)c1cccc(NC(=O)c2ccncc2F)c1. The van der Waals surface area contributed by atoms with E-state index in [2.05, 4.69) is 10.3 Å². The van der Waals surface area contributed by atoms with Crippen molar-refractivity contribution in [2.75, 3.05) is 5.32 Å². The van der Waals surface area contributed by atoms with Gasteiger partial charge in [0.2, 0.25) is 5.91 Å². The predicted molar refractivity (Wildman–Crippen MR) is 67.1 cm³/mol. The Kier molecular flexibility index (Phi) is 3.51. The predicted octanol–water partition coefficient (Wildman–Crippen LogP) is 1.57. The first kappa shape index (κ1) is 12.7. The minimum Gasteiger partial charge on any atom is -0.366 e. The standard InChI is InChI=1S/C13H10FN3O2/c14-11-7-16-5-4-10(11)13(19)17-9-3-1-2-8(6-9)12(15)18/h1-7H,(H2,15,18)(H,17,19). The molecule has 1 heterocycles. The average Bonchev–Trinajstić information content (AvgIpc) is 2.39. The molecular weight excluding hydrogens is 249 g/mol. The fraction of sp³-hybridized carbons (Fsp3) is 0. The number of carbonyl (C=O) groups is 2. The fourth-order valence-electron chi connectivity index (χ4n) is 1.51. The Morgan fingerprint density at radius 3 is 2.74 bits per heavy atom. The molecule has 2 amide bonds. The molecule has 0 fully saturated rings. The molecule has 1 aromatic carbocycles. The molecule has 0 radical (unpaired) electrons. The number of anilines is 1. The van der Waals surface area contributed by atoms with Crippen LogP contribution in [0, 0.1) is 5.82 Å². The largest absolute Gasteiger partial charge is 0.366 e. The second-order valence-electron chi connectivity index (χ2n) is 3.75. The first-order valence-corrected chi connectivity index (χ1v) is 5.38. The lowest BCUT2D eigenvalue weighted by molar-refractivity contribution is 0.0995. The van der Waals surface area contributed by atoms with Gasteiger partial charge in [-0.15, -0.1) is 0 Å². The second-order valence-corrected chi connectivity index (χ2v) is 3.75. The molecule has 3 N–H and O–H groups in total. The Hall–Kier alpha value is -2.76. The summed E-state index contributed by atoms with van der Waals surface area (Å²) in [7, 11) is 0. The normalized spacial score (nSPS) is 9.95. The number of nitrogens with two attached hydrogens (primary N) is 1. The van der Waals surface area contributed by atoms with Crippen molar-refractivity contribution < 1.29 is 14.0 Å². The number of halogens is 1. The van der Waals surface area contributed by atoms with Crippen LogP contribution in [0.4, 0.5) is 10.1 Å². The summed E-state index contributed by atoms with van der Waals surface area (Å²) < 4.78 is 13.4. The van der Waals surface area contributed by atoms with Crippen LogP contribution in [-0.4, -0.2) is 16.8 Å². The highest BCUT2D eigenvalue weighted by molar-refractivity contribution is 6.05. The van der Waals surface area contributed by atoms with Crippen molar-refractivity contribution in [1.82, 2.24) is 4.98 Å². The van der Waals surface area contributed by atoms with Gasteiger partial charge in [0.1, 0.15) is 0 Å². The first-order valence-electron chi connectivity index (χ1n) is 5.38. The van der Waals surface area contributed by atoms with Crippen LogP contribution in [0.3, 0.4) is 0 Å². The van der Waals surface area contributed by atoms with E-state index in [4.69, 9.17) is 5.73 Å². The zero-order valence-electron chi connectivity index (χ0n) is 9.76. The third kappa shape index (κ3) is 2.92. The minimum atomic E-state index is -0.717. The topological polar surface area (TPSA) is 85.1 Å². The van der Waals surface area contributed by atoms with E-state index in [-0.39, 0.29) is 11.1 Å². The molecule has 0 bridgehead atoms. The van der Waals surface area contributed by atoms with Gasteiger partial charge in [-0.1, -0.05) is 6.07 Å². The molecule has 2 aromatic rings. The summed E-state index contributed by atoms with van der Waals surface area (Å²) in [4.78, 5) is 26.4. The summed E-state index contributed by atoms with van der Waals surface area (Å²) in [5.74, 6) is -1.95. The van der Waals surface area contributed by atoms with Gasteiger partial charge < -0.3 is 11.1 Å². The molecule has 0 atom stereocenters. The van der Waals surface area contributed by atoms with Crippen molar-refractivity contribution in [2.24, 2.45) is 5.73 Å². The Bertz CT molecular complexity index is 643. The van der Waals surface area contributed by atoms with Crippen molar-refractivity contribution in [1.29, 1.82) is 0 Å². The summed E-state index contributed by atoms with van der Waals surface area (Å²) in [6.45, 7) is 0. The van der Waals surface area contributed by atoms with Gasteiger partial charge in [-0.3, -0.25) is 14.6 Å². The van der Waals surface area contributed by atoms with Crippen molar-refractivity contribution >= 4 is 17.5 Å². The smallest absolute Gasteiger partial charge is 0.258 e. The third-order valence-corrected chi connectivity index (χ3v) is 2.42. The van der Waals surface area contributed by atoms with E-state index >= 15 is 0 Å². The number of nitrogens with one attached hydrogen (secondary N) is 1. The number of benzene rings is 1. The monoisotopic (exact) mass is 259 g/mol. The molecule has 5 nitrogen and oxygen atoms in total. The molecular formula is C13H10FN3O2. The average molecular weight is 259 g/mol. The number of aromatic nitrogens is 1. The second kappa shape index (κ2) is 5.26. The Morgan fingerprint density at radius 2 is 2.05 bits per heavy atom. The van der Waals surface area contributed by atoms with E-state index in [9.17, 15) is 14.0 Å². The molecule has 19 heavy (non-hydrogen) atoms. The van der Waals surface area contributed by atoms with Crippen molar-refractivity contribution in [3.63, 3.8) is 0 Å². The van der Waals surface area contributed by atoms with Crippen LogP contribution in [0.5, 0.6) is 0 Å². The van der Waals surface area contributed by atoms with E-state index < -0.39 is 17.6 Å². The fourth-order valence-corrected chi connectivity index (χ4v) is 1.51. The van der Waals surface area contributed by atoms with Crippen LogP contribution in [0.1, 0.15) is 20.7 Å². The van der Waals surface area contributed by atoms with Crippen LogP contribution in [0.2, 0.25) is 0 Å². The Labute approximate surface area is 108 Å². The van der Waals surface area contributed by atoms with Crippen LogP contribution in [0.15, 0.2) is 42.7 Å². The lowest BCUT2D eigenvalue weighted by atomic mass is 10.2. The summed E-state index contributed by atoms with van der Waals surface area (Å²) in [5, 5.41) is 2.48. The Morgan fingerprint density at radius 1 is 1.26 bits per heavy atom. The summed E-state index contributed by atoms with van der Waals surface area (Å²) >= 11 is 0. The lowest BCUT2D eigenvalue weighted by Gasteiger charge is -2.06. The number of primary amides is 1. The molecule has 0 saturated carbocycles. The van der Waals surface area contributed by atoms with Gasteiger partial charge in [-0.2, -0.15) is 0 Å². The van der Waals surface area contributed by atoms with E-state index in [1.54, 1.807) is 12.1 Å². The van der Waals surface area contributed by atoms with E-state index in [1.165, 1.54) is 24.4 Å². The molecule has 0 unspecified atom stereocenters. The highest BCUT2D eigenvalue weighted by Crippen LogP contribution is 2.13. The van der Waals surface area contributed by atoms with Gasteiger partial charge in [0.05, 0.1) is 11.8 Å². The molecule has 0 saturated heterocycles. The maximum atomic E-state index is 13.4. The number of pyridine rings is 1. The maximum absolute atomic E-state index is 13.4. The summed E-state index contributed by atoms with van der Waals surface area (Å²) in [6.07, 6.45) is 2.27. The first-order chi connectivity index (χ1) is 9.08. The van der Waals surface area contributed by atoms with Crippen molar-refractivity contribution in [3.8, 4) is 0 Å². The highest BCUT2D eigenvalue weighted by Gasteiger charge is 2.12. The van der Waals surface area contributed by atoms with Crippen LogP contribution in [-0.2, 0) is 0 Å². The Balaban J connectivity index is 2.22. The highest BCUT2D eigenvalue weighted by atomic mass is 19.1. The van der Waals surface area contributed by atoms with Crippen molar-refractivity contribution in [3.05, 3.63) is 59.7 Å². The number of amides is 2. The molecule has 1 aromatic heterocycles. The molecule has 0 aliphatic carbocycles.